The highest BCUT2D eigenvalue weighted by atomic mass is 19.1. The highest BCUT2D eigenvalue weighted by Crippen LogP contribution is 2.20. The van der Waals surface area contributed by atoms with Gasteiger partial charge in [-0.05, 0) is 46.0 Å². The van der Waals surface area contributed by atoms with Gasteiger partial charge in [0.1, 0.15) is 5.82 Å². The molecule has 0 radical (unpaired) electrons. The van der Waals surface area contributed by atoms with E-state index in [4.69, 9.17) is 0 Å². The highest BCUT2D eigenvalue weighted by molar-refractivity contribution is 5.79. The average Bonchev–Trinajstić information content (AvgIpc) is 2.55. The van der Waals surface area contributed by atoms with Gasteiger partial charge >= 0.3 is 0 Å². The van der Waals surface area contributed by atoms with Gasteiger partial charge in [0, 0.05) is 44.2 Å². The average molecular weight is 349 g/mol. The summed E-state index contributed by atoms with van der Waals surface area (Å²) >= 11 is 0. The van der Waals surface area contributed by atoms with Crippen LogP contribution in [0.15, 0.2) is 24.3 Å². The molecule has 5 heteroatoms. The Morgan fingerprint density at radius 3 is 2.40 bits per heavy atom. The van der Waals surface area contributed by atoms with Gasteiger partial charge in [-0.25, -0.2) is 4.39 Å². The topological polar surface area (TPSA) is 26.8 Å². The summed E-state index contributed by atoms with van der Waals surface area (Å²) in [5.74, 6) is -0.295. The lowest BCUT2D eigenvalue weighted by atomic mass is 9.98. The maximum atomic E-state index is 13.8. The first-order valence-corrected chi connectivity index (χ1v) is 9.22. The monoisotopic (exact) mass is 349 g/mol. The third kappa shape index (κ3) is 5.25. The maximum Gasteiger partial charge on any atom is 0.225 e. The molecule has 0 aromatic heterocycles. The quantitative estimate of drug-likeness (QED) is 0.789. The van der Waals surface area contributed by atoms with Crippen molar-refractivity contribution in [3.63, 3.8) is 0 Å². The van der Waals surface area contributed by atoms with E-state index in [-0.39, 0.29) is 17.6 Å². The summed E-state index contributed by atoms with van der Waals surface area (Å²) in [6, 6.07) is 7.41. The van der Waals surface area contributed by atoms with Gasteiger partial charge < -0.3 is 9.80 Å². The van der Waals surface area contributed by atoms with Crippen molar-refractivity contribution in [2.45, 2.75) is 39.3 Å². The Balaban J connectivity index is 1.95. The number of carbonyl (C=O) groups is 1. The normalized spacial score (nSPS) is 23.1. The lowest BCUT2D eigenvalue weighted by molar-refractivity contribution is -0.139. The Bertz CT molecular complexity index is 566. The Morgan fingerprint density at radius 1 is 1.24 bits per heavy atom. The molecule has 1 saturated heterocycles. The smallest absolute Gasteiger partial charge is 0.225 e. The predicted molar refractivity (Wildman–Crippen MR) is 100 cm³/mol. The standard InChI is InChI=1S/C20H32FN3O/c1-15(12-18-8-6-7-9-19(18)21)20(25)23-13-16(2)24(17(3)14-23)11-10-22(4)5/h6-9,15-17H,10-14H2,1-5H3. The molecule has 1 amide bonds. The zero-order valence-corrected chi connectivity index (χ0v) is 16.2. The van der Waals surface area contributed by atoms with E-state index in [0.29, 0.717) is 24.1 Å². The number of halogens is 1. The number of rotatable bonds is 6. The number of likely N-dealkylation sites (N-methyl/N-ethyl adjacent to an activating group) is 1. The van der Waals surface area contributed by atoms with Crippen LogP contribution >= 0.6 is 0 Å². The van der Waals surface area contributed by atoms with Crippen molar-refractivity contribution < 1.29 is 9.18 Å². The van der Waals surface area contributed by atoms with E-state index in [1.54, 1.807) is 12.1 Å². The van der Waals surface area contributed by atoms with Crippen molar-refractivity contribution in [2.75, 3.05) is 40.3 Å². The summed E-state index contributed by atoms with van der Waals surface area (Å²) in [5.41, 5.74) is 0.620. The van der Waals surface area contributed by atoms with Crippen LogP contribution in [0.1, 0.15) is 26.3 Å². The van der Waals surface area contributed by atoms with Crippen molar-refractivity contribution in [1.29, 1.82) is 0 Å². The van der Waals surface area contributed by atoms with E-state index in [9.17, 15) is 9.18 Å². The molecule has 0 spiro atoms. The summed E-state index contributed by atoms with van der Waals surface area (Å²) in [6.07, 6.45) is 0.453. The first-order valence-electron chi connectivity index (χ1n) is 9.22. The number of benzene rings is 1. The third-order valence-corrected chi connectivity index (χ3v) is 5.12. The first kappa shape index (κ1) is 19.9. The number of hydrogen-bond acceptors (Lipinski definition) is 3. The summed E-state index contributed by atoms with van der Waals surface area (Å²) in [5, 5.41) is 0. The molecule has 0 saturated carbocycles. The minimum atomic E-state index is -0.225. The molecule has 4 nitrogen and oxygen atoms in total. The van der Waals surface area contributed by atoms with Crippen molar-refractivity contribution in [2.24, 2.45) is 5.92 Å². The molecule has 0 aliphatic carbocycles. The third-order valence-electron chi connectivity index (χ3n) is 5.12. The van der Waals surface area contributed by atoms with E-state index < -0.39 is 0 Å². The van der Waals surface area contributed by atoms with Crippen molar-refractivity contribution in [3.8, 4) is 0 Å². The Kier molecular flexibility index (Phi) is 6.96. The molecule has 1 aromatic carbocycles. The molecule has 3 atom stereocenters. The van der Waals surface area contributed by atoms with Crippen LogP contribution in [0.4, 0.5) is 4.39 Å². The lowest BCUT2D eigenvalue weighted by Crippen LogP contribution is -2.59. The highest BCUT2D eigenvalue weighted by Gasteiger charge is 2.33. The fourth-order valence-electron chi connectivity index (χ4n) is 3.69. The molecular weight excluding hydrogens is 317 g/mol. The maximum absolute atomic E-state index is 13.8. The molecule has 1 heterocycles. The minimum absolute atomic E-state index is 0.134. The SMILES string of the molecule is CC(Cc1ccccc1F)C(=O)N1CC(C)N(CCN(C)C)C(C)C1. The Labute approximate surface area is 151 Å². The van der Waals surface area contributed by atoms with Crippen LogP contribution < -0.4 is 0 Å². The molecule has 1 aliphatic heterocycles. The zero-order chi connectivity index (χ0) is 18.6. The van der Waals surface area contributed by atoms with Gasteiger partial charge in [-0.1, -0.05) is 25.1 Å². The molecule has 1 aliphatic rings. The number of carbonyl (C=O) groups excluding carboxylic acids is 1. The fourth-order valence-corrected chi connectivity index (χ4v) is 3.69. The van der Waals surface area contributed by atoms with Crippen molar-refractivity contribution in [3.05, 3.63) is 35.6 Å². The summed E-state index contributed by atoms with van der Waals surface area (Å²) in [6.45, 7) is 9.81. The van der Waals surface area contributed by atoms with Gasteiger partial charge in [0.25, 0.3) is 0 Å². The van der Waals surface area contributed by atoms with E-state index in [1.807, 2.05) is 17.9 Å². The largest absolute Gasteiger partial charge is 0.339 e. The molecule has 1 fully saturated rings. The zero-order valence-electron chi connectivity index (χ0n) is 16.2. The van der Waals surface area contributed by atoms with Crippen LogP contribution in [0, 0.1) is 11.7 Å². The lowest BCUT2D eigenvalue weighted by Gasteiger charge is -2.45. The van der Waals surface area contributed by atoms with Gasteiger partial charge in [-0.15, -0.1) is 0 Å². The number of nitrogens with zero attached hydrogens (tertiary/aromatic N) is 3. The summed E-state index contributed by atoms with van der Waals surface area (Å²) < 4.78 is 13.8. The molecule has 25 heavy (non-hydrogen) atoms. The predicted octanol–water partition coefficient (Wildman–Crippen LogP) is 2.49. The molecule has 1 aromatic rings. The summed E-state index contributed by atoms with van der Waals surface area (Å²) in [4.78, 5) is 19.5. The van der Waals surface area contributed by atoms with Gasteiger partial charge in [-0.3, -0.25) is 9.69 Å². The van der Waals surface area contributed by atoms with E-state index in [1.165, 1.54) is 6.07 Å². The van der Waals surface area contributed by atoms with Gasteiger partial charge in [0.15, 0.2) is 0 Å². The number of piperazine rings is 1. The van der Waals surface area contributed by atoms with Crippen LogP contribution in [-0.2, 0) is 11.2 Å². The second-order valence-corrected chi connectivity index (χ2v) is 7.68. The minimum Gasteiger partial charge on any atom is -0.339 e. The fraction of sp³-hybridized carbons (Fsp3) is 0.650. The second kappa shape index (κ2) is 8.77. The van der Waals surface area contributed by atoms with Crippen LogP contribution in [0.3, 0.4) is 0 Å². The van der Waals surface area contributed by atoms with Crippen LogP contribution in [0.2, 0.25) is 0 Å². The first-order chi connectivity index (χ1) is 11.8. The van der Waals surface area contributed by atoms with Crippen molar-refractivity contribution in [1.82, 2.24) is 14.7 Å². The Hall–Kier alpha value is -1.46. The van der Waals surface area contributed by atoms with Gasteiger partial charge in [0.2, 0.25) is 5.91 Å². The molecule has 3 unspecified atom stereocenters. The van der Waals surface area contributed by atoms with E-state index in [0.717, 1.165) is 26.2 Å². The van der Waals surface area contributed by atoms with Gasteiger partial charge in [-0.2, -0.15) is 0 Å². The van der Waals surface area contributed by atoms with Gasteiger partial charge in [0.05, 0.1) is 0 Å². The van der Waals surface area contributed by atoms with Crippen LogP contribution in [-0.4, -0.2) is 73.0 Å². The number of hydrogen-bond donors (Lipinski definition) is 0. The summed E-state index contributed by atoms with van der Waals surface area (Å²) in [7, 11) is 4.17. The number of amides is 1. The molecule has 140 valence electrons. The molecule has 0 N–H and O–H groups in total. The Morgan fingerprint density at radius 2 is 1.84 bits per heavy atom. The molecule has 2 rings (SSSR count). The molecule has 0 bridgehead atoms. The van der Waals surface area contributed by atoms with E-state index >= 15 is 0 Å². The molecular formula is C20H32FN3O. The van der Waals surface area contributed by atoms with Crippen LogP contribution in [0.5, 0.6) is 0 Å². The second-order valence-electron chi connectivity index (χ2n) is 7.68. The van der Waals surface area contributed by atoms with E-state index in [2.05, 4.69) is 37.7 Å². The van der Waals surface area contributed by atoms with Crippen LogP contribution in [0.25, 0.3) is 0 Å². The van der Waals surface area contributed by atoms with Crippen molar-refractivity contribution >= 4 is 5.91 Å².